The molecular weight excluding hydrogens is 426 g/mol. The Morgan fingerprint density at radius 2 is 1.73 bits per heavy atom. The van der Waals surface area contributed by atoms with E-state index in [1.165, 1.54) is 12.1 Å². The number of nitrogens with two attached hydrogens (primary N) is 1. The second kappa shape index (κ2) is 8.35. The number of rotatable bonds is 7. The van der Waals surface area contributed by atoms with E-state index in [2.05, 4.69) is 4.18 Å². The van der Waals surface area contributed by atoms with Crippen molar-refractivity contribution in [2.24, 2.45) is 5.14 Å². The van der Waals surface area contributed by atoms with Crippen molar-refractivity contribution < 1.29 is 25.8 Å². The molecule has 1 aliphatic carbocycles. The van der Waals surface area contributed by atoms with E-state index in [9.17, 15) is 16.8 Å². The highest BCUT2D eigenvalue weighted by molar-refractivity contribution is 7.89. The molecule has 0 radical (unpaired) electrons. The van der Waals surface area contributed by atoms with Crippen LogP contribution >= 0.6 is 0 Å². The molecule has 0 aromatic heterocycles. The van der Waals surface area contributed by atoms with Crippen molar-refractivity contribution in [1.82, 2.24) is 0 Å². The maximum absolute atomic E-state index is 12.3. The summed E-state index contributed by atoms with van der Waals surface area (Å²) < 4.78 is 57.6. The zero-order valence-corrected chi connectivity index (χ0v) is 18.5. The molecule has 0 saturated heterocycles. The van der Waals surface area contributed by atoms with E-state index in [-0.39, 0.29) is 10.6 Å². The molecule has 3 rings (SSSR count). The van der Waals surface area contributed by atoms with Crippen molar-refractivity contribution in [3.63, 3.8) is 0 Å². The van der Waals surface area contributed by atoms with Crippen LogP contribution in [-0.2, 0) is 30.7 Å². The predicted molar refractivity (Wildman–Crippen MR) is 116 cm³/mol. The first-order valence-electron chi connectivity index (χ1n) is 9.03. The zero-order chi connectivity index (χ0) is 22.1. The summed E-state index contributed by atoms with van der Waals surface area (Å²) in [5.41, 5.74) is 5.02. The Balaban J connectivity index is 2.13. The van der Waals surface area contributed by atoms with Crippen molar-refractivity contribution in [1.29, 1.82) is 0 Å². The second-order valence-electron chi connectivity index (χ2n) is 7.01. The largest absolute Gasteiger partial charge is 0.497 e. The second-order valence-corrected chi connectivity index (χ2v) is 10.3. The number of primary sulfonamides is 1. The van der Waals surface area contributed by atoms with Crippen LogP contribution in [0.1, 0.15) is 23.6 Å². The maximum Gasteiger partial charge on any atom is 0.271 e. The van der Waals surface area contributed by atoms with E-state index in [1.807, 2.05) is 25.1 Å². The smallest absolute Gasteiger partial charge is 0.271 e. The van der Waals surface area contributed by atoms with Crippen LogP contribution in [0.4, 0.5) is 0 Å². The fraction of sp³-hybridized carbons (Fsp3) is 0.238. The number of benzene rings is 2. The Hall–Kier alpha value is -2.46. The molecule has 1 aliphatic rings. The molecule has 7 nitrogen and oxygen atoms in total. The predicted octanol–water partition coefficient (Wildman–Crippen LogP) is 2.73. The molecule has 0 atom stereocenters. The van der Waals surface area contributed by atoms with Crippen LogP contribution in [0.15, 0.2) is 58.5 Å². The Morgan fingerprint density at radius 3 is 2.30 bits per heavy atom. The fourth-order valence-electron chi connectivity index (χ4n) is 3.51. The van der Waals surface area contributed by atoms with Gasteiger partial charge in [0.1, 0.15) is 11.5 Å². The fourth-order valence-corrected chi connectivity index (χ4v) is 4.75. The molecule has 0 aliphatic heterocycles. The van der Waals surface area contributed by atoms with Gasteiger partial charge in [0.2, 0.25) is 10.0 Å². The van der Waals surface area contributed by atoms with Gasteiger partial charge in [-0.15, -0.1) is 0 Å². The maximum atomic E-state index is 12.3. The highest BCUT2D eigenvalue weighted by Gasteiger charge is 2.25. The van der Waals surface area contributed by atoms with E-state index in [4.69, 9.17) is 9.88 Å². The lowest BCUT2D eigenvalue weighted by Crippen LogP contribution is -2.12. The Kier molecular flexibility index (Phi) is 6.19. The third-order valence-corrected chi connectivity index (χ3v) is 7.03. The normalized spacial score (nSPS) is 14.7. The van der Waals surface area contributed by atoms with Gasteiger partial charge in [0.05, 0.1) is 19.1 Å². The van der Waals surface area contributed by atoms with Gasteiger partial charge in [-0.25, -0.2) is 13.6 Å². The molecular formula is C21H23NO6S2. The molecule has 2 aromatic carbocycles. The minimum absolute atomic E-state index is 0.0166. The lowest BCUT2D eigenvalue weighted by atomic mass is 9.96. The number of fused-ring (bicyclic) bond motifs is 1. The number of hydrogen-bond donors (Lipinski definition) is 1. The van der Waals surface area contributed by atoms with Crippen molar-refractivity contribution in [2.75, 3.05) is 20.0 Å². The minimum atomic E-state index is -3.81. The first kappa shape index (κ1) is 22.2. The topological polar surface area (TPSA) is 113 Å². The van der Waals surface area contributed by atoms with Gasteiger partial charge in [-0.05, 0) is 65.4 Å². The number of methoxy groups -OCH3 is 1. The summed E-state index contributed by atoms with van der Waals surface area (Å²) in [6.45, 7) is 1.96. The van der Waals surface area contributed by atoms with Crippen molar-refractivity contribution in [3.05, 3.63) is 70.3 Å². The number of ether oxygens (including phenoxy) is 1. The summed E-state index contributed by atoms with van der Waals surface area (Å²) >= 11 is 0. The van der Waals surface area contributed by atoms with E-state index in [0.717, 1.165) is 29.4 Å². The molecule has 2 N–H and O–H groups in total. The van der Waals surface area contributed by atoms with Gasteiger partial charge in [-0.1, -0.05) is 29.8 Å². The van der Waals surface area contributed by atoms with Crippen LogP contribution in [0.3, 0.4) is 0 Å². The molecule has 0 spiro atoms. The lowest BCUT2D eigenvalue weighted by molar-refractivity contribution is 0.400. The summed E-state index contributed by atoms with van der Waals surface area (Å²) in [5.74, 6) is 0.344. The summed E-state index contributed by atoms with van der Waals surface area (Å²) in [5, 5.41) is 5.15. The molecule has 2 aromatic rings. The molecule has 9 heteroatoms. The monoisotopic (exact) mass is 449 g/mol. The molecule has 30 heavy (non-hydrogen) atoms. The molecule has 0 heterocycles. The van der Waals surface area contributed by atoms with Crippen LogP contribution in [0.25, 0.3) is 11.6 Å². The number of hydrogen-bond acceptors (Lipinski definition) is 6. The third-order valence-electron chi connectivity index (χ3n) is 4.93. The Bertz CT molecular complexity index is 1240. The van der Waals surface area contributed by atoms with E-state index in [1.54, 1.807) is 25.3 Å². The van der Waals surface area contributed by atoms with E-state index in [0.29, 0.717) is 23.3 Å². The van der Waals surface area contributed by atoms with Crippen LogP contribution in [0.5, 0.6) is 5.75 Å². The Labute approximate surface area is 177 Å². The molecule has 0 saturated carbocycles. The lowest BCUT2D eigenvalue weighted by Gasteiger charge is -2.14. The summed E-state index contributed by atoms with van der Waals surface area (Å²) in [6, 6.07) is 11.7. The van der Waals surface area contributed by atoms with Gasteiger partial charge in [0, 0.05) is 0 Å². The zero-order valence-electron chi connectivity index (χ0n) is 16.9. The average molecular weight is 450 g/mol. The van der Waals surface area contributed by atoms with Crippen molar-refractivity contribution in [3.8, 4) is 5.75 Å². The highest BCUT2D eigenvalue weighted by atomic mass is 32.2. The van der Waals surface area contributed by atoms with Gasteiger partial charge in [-0.3, -0.25) is 4.18 Å². The Morgan fingerprint density at radius 1 is 1.07 bits per heavy atom. The van der Waals surface area contributed by atoms with Crippen molar-refractivity contribution >= 4 is 31.8 Å². The van der Waals surface area contributed by atoms with Gasteiger partial charge < -0.3 is 4.74 Å². The summed E-state index contributed by atoms with van der Waals surface area (Å²) in [7, 11) is -4.91. The van der Waals surface area contributed by atoms with Crippen LogP contribution in [0, 0.1) is 0 Å². The molecule has 0 bridgehead atoms. The quantitative estimate of drug-likeness (QED) is 0.651. The van der Waals surface area contributed by atoms with Gasteiger partial charge >= 0.3 is 0 Å². The average Bonchev–Trinajstić information content (AvgIpc) is 3.01. The number of allylic oxidation sites excluding steroid dienone is 2. The summed E-state index contributed by atoms with van der Waals surface area (Å²) in [6.07, 6.45) is 2.42. The number of sulfonamides is 1. The highest BCUT2D eigenvalue weighted by Crippen LogP contribution is 2.40. The van der Waals surface area contributed by atoms with Gasteiger partial charge in [0.15, 0.2) is 0 Å². The molecule has 160 valence electrons. The SMILES string of the molecule is COc1ccc2c(c1)C(C(=Cc1ccc(S(N)(=O)=O)cc1)CS(=O)(=O)OC)=C(C)C2. The molecule has 0 fully saturated rings. The third kappa shape index (κ3) is 4.81. The molecule has 0 unspecified atom stereocenters. The minimum Gasteiger partial charge on any atom is -0.497 e. The van der Waals surface area contributed by atoms with Gasteiger partial charge in [-0.2, -0.15) is 8.42 Å². The van der Waals surface area contributed by atoms with E-state index < -0.39 is 20.1 Å². The standard InChI is InChI=1S/C21H23NO6S2/c1-14-10-16-6-7-18(27-2)12-20(16)21(14)17(13-29(23,24)28-3)11-15-4-8-19(9-5-15)30(22,25)26/h4-9,11-12H,10,13H2,1-3H3,(H2,22,25,26). The molecule has 0 amide bonds. The first-order valence-corrected chi connectivity index (χ1v) is 12.2. The van der Waals surface area contributed by atoms with Gasteiger partial charge in [0.25, 0.3) is 10.1 Å². The summed E-state index contributed by atoms with van der Waals surface area (Å²) in [4.78, 5) is -0.0166. The van der Waals surface area contributed by atoms with Crippen LogP contribution < -0.4 is 9.88 Å². The van der Waals surface area contributed by atoms with Crippen LogP contribution in [-0.4, -0.2) is 36.8 Å². The van der Waals surface area contributed by atoms with Crippen molar-refractivity contribution in [2.45, 2.75) is 18.2 Å². The van der Waals surface area contributed by atoms with E-state index >= 15 is 0 Å². The van der Waals surface area contributed by atoms with Crippen LogP contribution in [0.2, 0.25) is 0 Å². The first-order chi connectivity index (χ1) is 14.0.